The summed E-state index contributed by atoms with van der Waals surface area (Å²) < 4.78 is 5.03. The number of benzene rings is 1. The van der Waals surface area contributed by atoms with Gasteiger partial charge in [0, 0.05) is 18.0 Å². The van der Waals surface area contributed by atoms with Gasteiger partial charge < -0.3 is 15.0 Å². The summed E-state index contributed by atoms with van der Waals surface area (Å²) in [6, 6.07) is 7.45. The predicted molar refractivity (Wildman–Crippen MR) is 86.1 cm³/mol. The Bertz CT molecular complexity index is 628. The van der Waals surface area contributed by atoms with Gasteiger partial charge in [-0.1, -0.05) is 12.1 Å². The number of carbonyl (C=O) groups excluding carboxylic acids is 3. The summed E-state index contributed by atoms with van der Waals surface area (Å²) in [5, 5.41) is 2.25. The zero-order valence-electron chi connectivity index (χ0n) is 12.6. The van der Waals surface area contributed by atoms with Crippen LogP contribution in [0, 0.1) is 0 Å². The molecule has 1 fully saturated rings. The van der Waals surface area contributed by atoms with Gasteiger partial charge in [-0.3, -0.25) is 14.4 Å². The molecule has 0 spiro atoms. The number of hydrogen-bond acceptors (Lipinski definition) is 5. The minimum Gasteiger partial charge on any atom is -0.456 e. The van der Waals surface area contributed by atoms with E-state index in [0.29, 0.717) is 0 Å². The van der Waals surface area contributed by atoms with Gasteiger partial charge in [0.15, 0.2) is 6.61 Å². The van der Waals surface area contributed by atoms with Crippen molar-refractivity contribution in [3.63, 3.8) is 0 Å². The quantitative estimate of drug-likeness (QED) is 0.848. The number of hydrogen-bond donors (Lipinski definition) is 1. The van der Waals surface area contributed by atoms with Crippen LogP contribution in [0.25, 0.3) is 0 Å². The van der Waals surface area contributed by atoms with Crippen molar-refractivity contribution in [2.24, 2.45) is 0 Å². The lowest BCUT2D eigenvalue weighted by molar-refractivity contribution is -0.151. The highest BCUT2D eigenvalue weighted by atomic mass is 32.2. The minimum atomic E-state index is -0.528. The number of amides is 2. The Hall–Kier alpha value is -2.02. The van der Waals surface area contributed by atoms with Gasteiger partial charge in [-0.2, -0.15) is 0 Å². The van der Waals surface area contributed by atoms with Crippen molar-refractivity contribution < 1.29 is 19.1 Å². The Balaban J connectivity index is 1.50. The molecule has 2 aliphatic heterocycles. The van der Waals surface area contributed by atoms with Crippen LogP contribution >= 0.6 is 11.8 Å². The van der Waals surface area contributed by atoms with E-state index >= 15 is 0 Å². The van der Waals surface area contributed by atoms with Crippen LogP contribution < -0.4 is 5.32 Å². The summed E-state index contributed by atoms with van der Waals surface area (Å²) in [5.74, 6) is -0.900. The lowest BCUT2D eigenvalue weighted by Gasteiger charge is -2.23. The molecule has 122 valence electrons. The zero-order chi connectivity index (χ0) is 16.2. The predicted octanol–water partition coefficient (Wildman–Crippen LogP) is 1.66. The molecule has 1 aromatic rings. The Morgan fingerprint density at radius 2 is 2.00 bits per heavy atom. The molecule has 0 unspecified atom stereocenters. The Labute approximate surface area is 138 Å². The maximum absolute atomic E-state index is 12.0. The lowest BCUT2D eigenvalue weighted by atomic mass is 10.2. The van der Waals surface area contributed by atoms with Crippen LogP contribution in [0.2, 0.25) is 0 Å². The first-order valence-electron chi connectivity index (χ1n) is 7.63. The largest absolute Gasteiger partial charge is 0.456 e. The van der Waals surface area contributed by atoms with Gasteiger partial charge in [0.25, 0.3) is 5.91 Å². The van der Waals surface area contributed by atoms with E-state index in [9.17, 15) is 14.4 Å². The number of ether oxygens (including phenoxy) is 1. The molecule has 6 nitrogen and oxygen atoms in total. The number of likely N-dealkylation sites (tertiary alicyclic amines) is 1. The maximum Gasteiger partial charge on any atom is 0.307 e. The topological polar surface area (TPSA) is 75.7 Å². The monoisotopic (exact) mass is 334 g/mol. The van der Waals surface area contributed by atoms with Crippen molar-refractivity contribution in [1.82, 2.24) is 4.90 Å². The highest BCUT2D eigenvalue weighted by molar-refractivity contribution is 8.01. The summed E-state index contributed by atoms with van der Waals surface area (Å²) in [4.78, 5) is 38.4. The molecule has 1 N–H and O–H groups in total. The fourth-order valence-corrected chi connectivity index (χ4v) is 3.73. The molecule has 0 aromatic heterocycles. The summed E-state index contributed by atoms with van der Waals surface area (Å²) in [5.41, 5.74) is 0.760. The van der Waals surface area contributed by atoms with Crippen LogP contribution in [-0.2, 0) is 19.1 Å². The molecule has 0 bridgehead atoms. The third-order valence-electron chi connectivity index (χ3n) is 3.87. The average Bonchev–Trinajstić information content (AvgIpc) is 3.08. The number of esters is 1. The number of para-hydroxylation sites is 1. The Kier molecular flexibility index (Phi) is 4.85. The van der Waals surface area contributed by atoms with Gasteiger partial charge >= 0.3 is 5.97 Å². The number of nitrogens with one attached hydrogen (secondary N) is 1. The van der Waals surface area contributed by atoms with Crippen LogP contribution in [0.4, 0.5) is 5.69 Å². The highest BCUT2D eigenvalue weighted by Gasteiger charge is 2.29. The average molecular weight is 334 g/mol. The molecule has 1 atom stereocenters. The van der Waals surface area contributed by atoms with Gasteiger partial charge in [0.05, 0.1) is 17.4 Å². The number of carbonyl (C=O) groups is 3. The number of fused-ring (bicyclic) bond motifs is 1. The van der Waals surface area contributed by atoms with Crippen LogP contribution in [0.15, 0.2) is 29.2 Å². The van der Waals surface area contributed by atoms with Crippen molar-refractivity contribution in [1.29, 1.82) is 0 Å². The summed E-state index contributed by atoms with van der Waals surface area (Å²) >= 11 is 1.34. The van der Waals surface area contributed by atoms with E-state index in [1.165, 1.54) is 11.8 Å². The first kappa shape index (κ1) is 15.9. The number of anilines is 1. The van der Waals surface area contributed by atoms with Crippen molar-refractivity contribution >= 4 is 35.2 Å². The van der Waals surface area contributed by atoms with Crippen LogP contribution in [-0.4, -0.2) is 47.6 Å². The van der Waals surface area contributed by atoms with E-state index < -0.39 is 11.2 Å². The lowest BCUT2D eigenvalue weighted by Crippen LogP contribution is -2.34. The van der Waals surface area contributed by atoms with Crippen LogP contribution in [0.5, 0.6) is 0 Å². The van der Waals surface area contributed by atoms with E-state index in [4.69, 9.17) is 4.74 Å². The molecule has 0 saturated carbocycles. The van der Waals surface area contributed by atoms with E-state index in [1.807, 2.05) is 24.3 Å². The minimum absolute atomic E-state index is 0.0435. The summed E-state index contributed by atoms with van der Waals surface area (Å²) in [6.45, 7) is 1.22. The molecule has 0 radical (unpaired) electrons. The van der Waals surface area contributed by atoms with E-state index in [0.717, 1.165) is 36.5 Å². The third kappa shape index (κ3) is 3.85. The maximum atomic E-state index is 12.0. The van der Waals surface area contributed by atoms with Gasteiger partial charge in [0.2, 0.25) is 5.91 Å². The molecule has 2 heterocycles. The SMILES string of the molecule is O=C(C[C@@H]1Sc2ccccc2NC1=O)OCC(=O)N1CCCC1. The van der Waals surface area contributed by atoms with Crippen LogP contribution in [0.1, 0.15) is 19.3 Å². The molecule has 1 saturated heterocycles. The second-order valence-corrected chi connectivity index (χ2v) is 6.79. The second kappa shape index (κ2) is 7.04. The third-order valence-corrected chi connectivity index (χ3v) is 5.15. The smallest absolute Gasteiger partial charge is 0.307 e. The fourth-order valence-electron chi connectivity index (χ4n) is 2.64. The van der Waals surface area contributed by atoms with Crippen molar-refractivity contribution in [3.8, 4) is 0 Å². The van der Waals surface area contributed by atoms with Crippen LogP contribution in [0.3, 0.4) is 0 Å². The number of nitrogens with zero attached hydrogens (tertiary/aromatic N) is 1. The number of rotatable bonds is 4. The molecular weight excluding hydrogens is 316 g/mol. The summed E-state index contributed by atoms with van der Waals surface area (Å²) in [6.07, 6.45) is 1.95. The van der Waals surface area contributed by atoms with Gasteiger partial charge in [-0.25, -0.2) is 0 Å². The standard InChI is InChI=1S/C16H18N2O4S/c19-14(18-7-3-4-8-18)10-22-15(20)9-13-16(21)17-11-5-1-2-6-12(11)23-13/h1-2,5-6,13H,3-4,7-10H2,(H,17,21)/t13-/m0/s1. The molecule has 3 rings (SSSR count). The molecule has 1 aromatic carbocycles. The van der Waals surface area contributed by atoms with Crippen molar-refractivity contribution in [3.05, 3.63) is 24.3 Å². The Morgan fingerprint density at radius 1 is 1.26 bits per heavy atom. The molecule has 2 amide bonds. The Morgan fingerprint density at radius 3 is 2.78 bits per heavy atom. The summed E-state index contributed by atoms with van der Waals surface area (Å²) in [7, 11) is 0. The van der Waals surface area contributed by atoms with E-state index in [1.54, 1.807) is 4.90 Å². The molecule has 2 aliphatic rings. The molecule has 23 heavy (non-hydrogen) atoms. The fraction of sp³-hybridized carbons (Fsp3) is 0.438. The van der Waals surface area contributed by atoms with Gasteiger partial charge in [-0.15, -0.1) is 11.8 Å². The van der Waals surface area contributed by atoms with Crippen molar-refractivity contribution in [2.75, 3.05) is 25.0 Å². The molecular formula is C16H18N2O4S. The number of thioether (sulfide) groups is 1. The zero-order valence-corrected chi connectivity index (χ0v) is 13.4. The first-order valence-corrected chi connectivity index (χ1v) is 8.51. The van der Waals surface area contributed by atoms with E-state index in [2.05, 4.69) is 5.32 Å². The van der Waals surface area contributed by atoms with E-state index in [-0.39, 0.29) is 24.8 Å². The molecule has 7 heteroatoms. The highest BCUT2D eigenvalue weighted by Crippen LogP contribution is 2.36. The van der Waals surface area contributed by atoms with Gasteiger partial charge in [0.1, 0.15) is 0 Å². The van der Waals surface area contributed by atoms with Gasteiger partial charge in [-0.05, 0) is 25.0 Å². The molecule has 0 aliphatic carbocycles. The van der Waals surface area contributed by atoms with Crippen molar-refractivity contribution in [2.45, 2.75) is 29.4 Å². The second-order valence-electron chi connectivity index (χ2n) is 5.54. The normalized spacial score (nSPS) is 19.9. The first-order chi connectivity index (χ1) is 11.1.